The van der Waals surface area contributed by atoms with Crippen LogP contribution in [-0.2, 0) is 4.74 Å². The van der Waals surface area contributed by atoms with Gasteiger partial charge in [-0.2, -0.15) is 0 Å². The van der Waals surface area contributed by atoms with E-state index in [4.69, 9.17) is 4.74 Å². The van der Waals surface area contributed by atoms with E-state index in [9.17, 15) is 0 Å². The summed E-state index contributed by atoms with van der Waals surface area (Å²) >= 11 is 0. The zero-order chi connectivity index (χ0) is 12.4. The maximum absolute atomic E-state index is 5.77. The van der Waals surface area contributed by atoms with Crippen LogP contribution >= 0.6 is 0 Å². The Morgan fingerprint density at radius 2 is 2.11 bits per heavy atom. The molecule has 0 aromatic heterocycles. The number of allylic oxidation sites excluding steroid dienone is 2. The van der Waals surface area contributed by atoms with E-state index < -0.39 is 0 Å². The second kappa shape index (κ2) is 5.77. The summed E-state index contributed by atoms with van der Waals surface area (Å²) in [6.07, 6.45) is 16.6. The van der Waals surface area contributed by atoms with E-state index in [1.54, 1.807) is 0 Å². The largest absolute Gasteiger partial charge is 0.377 e. The van der Waals surface area contributed by atoms with Crippen LogP contribution < -0.4 is 0 Å². The molecule has 2 aliphatic carbocycles. The van der Waals surface area contributed by atoms with E-state index in [0.29, 0.717) is 6.10 Å². The van der Waals surface area contributed by atoms with Gasteiger partial charge in [0, 0.05) is 5.92 Å². The summed E-state index contributed by atoms with van der Waals surface area (Å²) in [6.45, 7) is 3.42. The molecule has 0 spiro atoms. The summed E-state index contributed by atoms with van der Waals surface area (Å²) < 4.78 is 5.77. The molecule has 0 aromatic rings. The minimum absolute atomic E-state index is 0.641. The molecule has 1 nitrogen and oxygen atoms in total. The average molecular weight is 248 g/mol. The highest BCUT2D eigenvalue weighted by Gasteiger charge is 2.45. The average Bonchev–Trinajstić information content (AvgIpc) is 2.36. The molecule has 3 unspecified atom stereocenters. The van der Waals surface area contributed by atoms with Gasteiger partial charge in [-0.1, -0.05) is 31.9 Å². The van der Waals surface area contributed by atoms with Crippen LogP contribution in [0.15, 0.2) is 12.2 Å². The summed E-state index contributed by atoms with van der Waals surface area (Å²) in [5, 5.41) is 0. The zero-order valence-electron chi connectivity index (χ0n) is 11.8. The molecule has 0 aromatic carbocycles. The van der Waals surface area contributed by atoms with Gasteiger partial charge in [-0.05, 0) is 56.3 Å². The molecule has 1 aliphatic heterocycles. The minimum Gasteiger partial charge on any atom is -0.377 e. The highest BCUT2D eigenvalue weighted by molar-refractivity contribution is 4.96. The van der Waals surface area contributed by atoms with Crippen LogP contribution in [-0.4, -0.2) is 12.7 Å². The first-order valence-electron chi connectivity index (χ1n) is 8.15. The van der Waals surface area contributed by atoms with Crippen molar-refractivity contribution in [2.75, 3.05) is 6.61 Å². The first kappa shape index (κ1) is 12.7. The first-order chi connectivity index (χ1) is 8.88. The molecular formula is C17H28O. The van der Waals surface area contributed by atoms with Gasteiger partial charge in [0.1, 0.15) is 0 Å². The normalized spacial score (nSPS) is 43.3. The molecule has 3 aliphatic rings. The summed E-state index contributed by atoms with van der Waals surface area (Å²) in [5.74, 6) is 3.87. The molecular weight excluding hydrogens is 220 g/mol. The van der Waals surface area contributed by atoms with Crippen molar-refractivity contribution in [2.24, 2.45) is 23.7 Å². The molecule has 102 valence electrons. The van der Waals surface area contributed by atoms with Gasteiger partial charge in [0.25, 0.3) is 0 Å². The van der Waals surface area contributed by atoms with Crippen LogP contribution in [0.5, 0.6) is 0 Å². The highest BCUT2D eigenvalue weighted by Crippen LogP contribution is 2.47. The van der Waals surface area contributed by atoms with Gasteiger partial charge in [0.2, 0.25) is 0 Å². The molecule has 18 heavy (non-hydrogen) atoms. The lowest BCUT2D eigenvalue weighted by Crippen LogP contribution is -2.50. The van der Waals surface area contributed by atoms with Crippen LogP contribution in [0.2, 0.25) is 0 Å². The second-order valence-corrected chi connectivity index (χ2v) is 6.71. The summed E-state index contributed by atoms with van der Waals surface area (Å²) in [5.41, 5.74) is 0. The first-order valence-corrected chi connectivity index (χ1v) is 8.15. The lowest BCUT2D eigenvalue weighted by Gasteiger charge is -2.50. The Hall–Kier alpha value is -0.300. The van der Waals surface area contributed by atoms with Crippen molar-refractivity contribution in [1.82, 2.24) is 0 Å². The van der Waals surface area contributed by atoms with Crippen LogP contribution in [0.25, 0.3) is 0 Å². The monoisotopic (exact) mass is 248 g/mol. The van der Waals surface area contributed by atoms with Crippen molar-refractivity contribution in [2.45, 2.75) is 64.4 Å². The fourth-order valence-electron chi connectivity index (χ4n) is 4.53. The highest BCUT2D eigenvalue weighted by atomic mass is 16.5. The van der Waals surface area contributed by atoms with Gasteiger partial charge in [0.15, 0.2) is 0 Å². The van der Waals surface area contributed by atoms with Crippen molar-refractivity contribution in [3.8, 4) is 0 Å². The molecule has 1 heterocycles. The van der Waals surface area contributed by atoms with E-state index in [1.807, 2.05) is 0 Å². The zero-order valence-corrected chi connectivity index (χ0v) is 11.8. The fourth-order valence-corrected chi connectivity index (χ4v) is 4.53. The molecule has 5 atom stereocenters. The molecule has 3 rings (SSSR count). The number of hydrogen-bond acceptors (Lipinski definition) is 1. The van der Waals surface area contributed by atoms with E-state index >= 15 is 0 Å². The third-order valence-electron chi connectivity index (χ3n) is 5.60. The van der Waals surface area contributed by atoms with Crippen molar-refractivity contribution in [3.05, 3.63) is 12.2 Å². The maximum Gasteiger partial charge on any atom is 0.0628 e. The fraction of sp³-hybridized carbons (Fsp3) is 0.882. The van der Waals surface area contributed by atoms with E-state index in [1.165, 1.54) is 51.4 Å². The summed E-state index contributed by atoms with van der Waals surface area (Å²) in [6, 6.07) is 0. The van der Waals surface area contributed by atoms with Crippen LogP contribution in [0, 0.1) is 23.7 Å². The molecule has 0 radical (unpaired) electrons. The van der Waals surface area contributed by atoms with Crippen molar-refractivity contribution in [1.29, 1.82) is 0 Å². The lowest BCUT2D eigenvalue weighted by atomic mass is 9.63. The smallest absolute Gasteiger partial charge is 0.0628 e. The third-order valence-corrected chi connectivity index (χ3v) is 5.60. The van der Waals surface area contributed by atoms with Gasteiger partial charge in [-0.15, -0.1) is 0 Å². The maximum atomic E-state index is 5.77. The molecule has 2 fully saturated rings. The van der Waals surface area contributed by atoms with Crippen LogP contribution in [0.1, 0.15) is 58.3 Å². The molecule has 0 N–H and O–H groups in total. The summed E-state index contributed by atoms with van der Waals surface area (Å²) in [4.78, 5) is 0. The lowest BCUT2D eigenvalue weighted by molar-refractivity contribution is -0.175. The minimum atomic E-state index is 0.641. The standard InChI is InChI=1S/C17H28O/c1-2-6-14-9-10-17-16(12-18-17)15(14)11-13-7-4-3-5-8-13/h3-4,13-17H,2,5-12H2,1H3/t13?,14?,15?,16-,17+/m0/s1. The second-order valence-electron chi connectivity index (χ2n) is 6.71. The quantitative estimate of drug-likeness (QED) is 0.662. The van der Waals surface area contributed by atoms with Gasteiger partial charge >= 0.3 is 0 Å². The van der Waals surface area contributed by atoms with Crippen molar-refractivity contribution < 1.29 is 4.74 Å². The Labute approximate surface area is 112 Å². The summed E-state index contributed by atoms with van der Waals surface area (Å²) in [7, 11) is 0. The molecule has 0 bridgehead atoms. The Morgan fingerprint density at radius 3 is 2.78 bits per heavy atom. The number of ether oxygens (including phenoxy) is 1. The van der Waals surface area contributed by atoms with Crippen molar-refractivity contribution in [3.63, 3.8) is 0 Å². The Kier molecular flexibility index (Phi) is 4.08. The Bertz CT molecular complexity index is 296. The number of fused-ring (bicyclic) bond motifs is 1. The number of hydrogen-bond donors (Lipinski definition) is 0. The number of rotatable bonds is 4. The Morgan fingerprint density at radius 1 is 1.17 bits per heavy atom. The van der Waals surface area contributed by atoms with Crippen LogP contribution in [0.4, 0.5) is 0 Å². The molecule has 1 saturated heterocycles. The third kappa shape index (κ3) is 2.52. The van der Waals surface area contributed by atoms with E-state index in [2.05, 4.69) is 19.1 Å². The topological polar surface area (TPSA) is 9.23 Å². The van der Waals surface area contributed by atoms with Gasteiger partial charge < -0.3 is 4.74 Å². The van der Waals surface area contributed by atoms with E-state index in [0.717, 1.165) is 30.3 Å². The van der Waals surface area contributed by atoms with E-state index in [-0.39, 0.29) is 0 Å². The van der Waals surface area contributed by atoms with Gasteiger partial charge in [-0.3, -0.25) is 0 Å². The molecule has 0 amide bonds. The predicted molar refractivity (Wildman–Crippen MR) is 75.5 cm³/mol. The van der Waals surface area contributed by atoms with Gasteiger partial charge in [-0.25, -0.2) is 0 Å². The molecule has 1 heteroatoms. The predicted octanol–water partition coefficient (Wildman–Crippen LogP) is 4.57. The molecule has 1 saturated carbocycles. The van der Waals surface area contributed by atoms with Crippen LogP contribution in [0.3, 0.4) is 0 Å². The van der Waals surface area contributed by atoms with Crippen molar-refractivity contribution >= 4 is 0 Å². The SMILES string of the molecule is CCCC1CC[C@H]2OC[C@H]2C1CC1CC=CCC1. The van der Waals surface area contributed by atoms with Gasteiger partial charge in [0.05, 0.1) is 12.7 Å². The Balaban J connectivity index is 1.62.